The zero-order valence-electron chi connectivity index (χ0n) is 8.73. The average molecular weight is 195 g/mol. The van der Waals surface area contributed by atoms with Gasteiger partial charge in [0.15, 0.2) is 0 Å². The zero-order valence-corrected chi connectivity index (χ0v) is 8.73. The second-order valence-corrected chi connectivity index (χ2v) is 3.34. The molecule has 3 nitrogen and oxygen atoms in total. The predicted octanol–water partition coefficient (Wildman–Crippen LogP) is 2.14. The molecule has 1 unspecified atom stereocenters. The molecule has 0 aliphatic rings. The van der Waals surface area contributed by atoms with Gasteiger partial charge in [-0.1, -0.05) is 13.3 Å². The Hall–Kier alpha value is -1.09. The maximum Gasteiger partial charge on any atom is 0.219 e. The first kappa shape index (κ1) is 11.0. The van der Waals surface area contributed by atoms with Crippen molar-refractivity contribution in [1.82, 2.24) is 4.98 Å². The van der Waals surface area contributed by atoms with Crippen LogP contribution in [0.15, 0.2) is 18.3 Å². The molecule has 1 heterocycles. The molecule has 1 atom stereocenters. The van der Waals surface area contributed by atoms with Gasteiger partial charge < -0.3 is 9.84 Å². The van der Waals surface area contributed by atoms with E-state index < -0.39 is 0 Å². The summed E-state index contributed by atoms with van der Waals surface area (Å²) in [6, 6.07) is 3.61. The van der Waals surface area contributed by atoms with Crippen LogP contribution >= 0.6 is 0 Å². The SMILES string of the molecule is CCCC(C)Oc1ncccc1CO. The van der Waals surface area contributed by atoms with Gasteiger partial charge in [0.05, 0.1) is 12.7 Å². The molecule has 1 rings (SSSR count). The first-order valence-electron chi connectivity index (χ1n) is 4.99. The van der Waals surface area contributed by atoms with Crippen molar-refractivity contribution in [1.29, 1.82) is 0 Å². The second kappa shape index (κ2) is 5.60. The molecule has 0 bridgehead atoms. The molecule has 0 aromatic carbocycles. The Bertz CT molecular complexity index is 276. The van der Waals surface area contributed by atoms with E-state index in [0.29, 0.717) is 5.88 Å². The number of hydrogen-bond acceptors (Lipinski definition) is 3. The lowest BCUT2D eigenvalue weighted by molar-refractivity contribution is 0.191. The fraction of sp³-hybridized carbons (Fsp3) is 0.545. The summed E-state index contributed by atoms with van der Waals surface area (Å²) in [7, 11) is 0. The minimum absolute atomic E-state index is 0.0258. The number of ether oxygens (including phenoxy) is 1. The van der Waals surface area contributed by atoms with Crippen molar-refractivity contribution in [2.24, 2.45) is 0 Å². The third-order valence-corrected chi connectivity index (χ3v) is 2.03. The normalized spacial score (nSPS) is 12.5. The molecule has 0 aliphatic heterocycles. The van der Waals surface area contributed by atoms with Gasteiger partial charge in [0, 0.05) is 11.8 Å². The maximum absolute atomic E-state index is 9.04. The summed E-state index contributed by atoms with van der Waals surface area (Å²) in [5.74, 6) is 0.552. The predicted molar refractivity (Wildman–Crippen MR) is 55.2 cm³/mol. The minimum Gasteiger partial charge on any atom is -0.474 e. The van der Waals surface area contributed by atoms with Crippen LogP contribution in [0.2, 0.25) is 0 Å². The summed E-state index contributed by atoms with van der Waals surface area (Å²) >= 11 is 0. The summed E-state index contributed by atoms with van der Waals surface area (Å²) in [6.07, 6.45) is 3.91. The largest absolute Gasteiger partial charge is 0.474 e. The number of aliphatic hydroxyl groups is 1. The van der Waals surface area contributed by atoms with Crippen molar-refractivity contribution in [3.05, 3.63) is 23.9 Å². The number of rotatable bonds is 5. The van der Waals surface area contributed by atoms with E-state index in [0.717, 1.165) is 18.4 Å². The third kappa shape index (κ3) is 3.00. The van der Waals surface area contributed by atoms with E-state index in [1.807, 2.05) is 13.0 Å². The highest BCUT2D eigenvalue weighted by Crippen LogP contribution is 2.16. The van der Waals surface area contributed by atoms with Gasteiger partial charge in [0.2, 0.25) is 5.88 Å². The molecule has 14 heavy (non-hydrogen) atoms. The molecule has 1 N–H and O–H groups in total. The van der Waals surface area contributed by atoms with Crippen molar-refractivity contribution >= 4 is 0 Å². The first-order valence-corrected chi connectivity index (χ1v) is 4.99. The Morgan fingerprint density at radius 2 is 2.36 bits per heavy atom. The van der Waals surface area contributed by atoms with Crippen LogP contribution in [0.4, 0.5) is 0 Å². The lowest BCUT2D eigenvalue weighted by Crippen LogP contribution is -2.13. The van der Waals surface area contributed by atoms with E-state index >= 15 is 0 Å². The molecular weight excluding hydrogens is 178 g/mol. The molecular formula is C11H17NO2. The van der Waals surface area contributed by atoms with E-state index in [2.05, 4.69) is 11.9 Å². The van der Waals surface area contributed by atoms with Gasteiger partial charge in [-0.2, -0.15) is 0 Å². The number of aromatic nitrogens is 1. The minimum atomic E-state index is -0.0258. The highest BCUT2D eigenvalue weighted by molar-refractivity contribution is 5.24. The molecule has 0 spiro atoms. The Morgan fingerprint density at radius 1 is 1.57 bits per heavy atom. The van der Waals surface area contributed by atoms with E-state index in [-0.39, 0.29) is 12.7 Å². The van der Waals surface area contributed by atoms with Gasteiger partial charge in [0.25, 0.3) is 0 Å². The van der Waals surface area contributed by atoms with Gasteiger partial charge in [-0.3, -0.25) is 0 Å². The van der Waals surface area contributed by atoms with E-state index in [1.54, 1.807) is 12.3 Å². The highest BCUT2D eigenvalue weighted by atomic mass is 16.5. The van der Waals surface area contributed by atoms with Crippen molar-refractivity contribution in [3.8, 4) is 5.88 Å². The fourth-order valence-electron chi connectivity index (χ4n) is 1.31. The van der Waals surface area contributed by atoms with Crippen LogP contribution in [0.3, 0.4) is 0 Å². The van der Waals surface area contributed by atoms with Gasteiger partial charge in [-0.25, -0.2) is 4.98 Å². The Morgan fingerprint density at radius 3 is 3.00 bits per heavy atom. The second-order valence-electron chi connectivity index (χ2n) is 3.34. The standard InChI is InChI=1S/C11H17NO2/c1-3-5-9(2)14-11-10(8-13)6-4-7-12-11/h4,6-7,9,13H,3,5,8H2,1-2H3. The summed E-state index contributed by atoms with van der Waals surface area (Å²) in [6.45, 7) is 4.10. The quantitative estimate of drug-likeness (QED) is 0.782. The molecule has 1 aromatic heterocycles. The van der Waals surface area contributed by atoms with Crippen LogP contribution in [0.25, 0.3) is 0 Å². The monoisotopic (exact) mass is 195 g/mol. The summed E-state index contributed by atoms with van der Waals surface area (Å²) in [5.41, 5.74) is 0.746. The Balaban J connectivity index is 2.65. The lowest BCUT2D eigenvalue weighted by Gasteiger charge is -2.14. The van der Waals surface area contributed by atoms with Crippen LogP contribution < -0.4 is 4.74 Å². The highest BCUT2D eigenvalue weighted by Gasteiger charge is 2.07. The van der Waals surface area contributed by atoms with Gasteiger partial charge in [0.1, 0.15) is 0 Å². The summed E-state index contributed by atoms with van der Waals surface area (Å²) < 4.78 is 5.61. The van der Waals surface area contributed by atoms with Gasteiger partial charge >= 0.3 is 0 Å². The fourth-order valence-corrected chi connectivity index (χ4v) is 1.31. The van der Waals surface area contributed by atoms with Crippen molar-refractivity contribution in [2.75, 3.05) is 0 Å². The van der Waals surface area contributed by atoms with Crippen LogP contribution in [0.1, 0.15) is 32.3 Å². The summed E-state index contributed by atoms with van der Waals surface area (Å²) in [4.78, 5) is 4.09. The molecule has 0 aliphatic carbocycles. The molecule has 0 fully saturated rings. The number of aliphatic hydroxyl groups excluding tert-OH is 1. The van der Waals surface area contributed by atoms with Gasteiger partial charge in [-0.05, 0) is 25.5 Å². The Kier molecular flexibility index (Phi) is 4.40. The average Bonchev–Trinajstić information content (AvgIpc) is 2.19. The molecule has 0 saturated heterocycles. The van der Waals surface area contributed by atoms with Crippen molar-refractivity contribution < 1.29 is 9.84 Å². The third-order valence-electron chi connectivity index (χ3n) is 2.03. The topological polar surface area (TPSA) is 42.4 Å². The smallest absolute Gasteiger partial charge is 0.219 e. The molecule has 1 aromatic rings. The van der Waals surface area contributed by atoms with E-state index in [9.17, 15) is 0 Å². The molecule has 0 amide bonds. The number of pyridine rings is 1. The van der Waals surface area contributed by atoms with Crippen LogP contribution in [0, 0.1) is 0 Å². The van der Waals surface area contributed by atoms with Crippen molar-refractivity contribution in [3.63, 3.8) is 0 Å². The van der Waals surface area contributed by atoms with E-state index in [4.69, 9.17) is 9.84 Å². The van der Waals surface area contributed by atoms with E-state index in [1.165, 1.54) is 0 Å². The first-order chi connectivity index (χ1) is 6.77. The van der Waals surface area contributed by atoms with Crippen LogP contribution in [-0.2, 0) is 6.61 Å². The summed E-state index contributed by atoms with van der Waals surface area (Å²) in [5, 5.41) is 9.04. The molecule has 78 valence electrons. The molecule has 3 heteroatoms. The molecule has 0 radical (unpaired) electrons. The molecule has 0 saturated carbocycles. The van der Waals surface area contributed by atoms with Crippen molar-refractivity contribution in [2.45, 2.75) is 39.4 Å². The number of hydrogen-bond donors (Lipinski definition) is 1. The number of nitrogens with zero attached hydrogens (tertiary/aromatic N) is 1. The van der Waals surface area contributed by atoms with Crippen LogP contribution in [-0.4, -0.2) is 16.2 Å². The van der Waals surface area contributed by atoms with Gasteiger partial charge in [-0.15, -0.1) is 0 Å². The zero-order chi connectivity index (χ0) is 10.4. The Labute approximate surface area is 84.7 Å². The lowest BCUT2D eigenvalue weighted by atomic mass is 10.2. The van der Waals surface area contributed by atoms with Crippen LogP contribution in [0.5, 0.6) is 5.88 Å². The maximum atomic E-state index is 9.04.